The van der Waals surface area contributed by atoms with Gasteiger partial charge in [-0.05, 0) is 54.9 Å². The molecule has 0 radical (unpaired) electrons. The van der Waals surface area contributed by atoms with Crippen LogP contribution in [0, 0.1) is 28.6 Å². The molecule has 0 saturated heterocycles. The van der Waals surface area contributed by atoms with E-state index in [0.717, 1.165) is 19.3 Å². The second-order valence-electron chi connectivity index (χ2n) is 11.2. The van der Waals surface area contributed by atoms with Crippen LogP contribution in [0.15, 0.2) is 5.11 Å². The molecule has 0 aromatic heterocycles. The lowest BCUT2D eigenvalue weighted by Gasteiger charge is -2.33. The van der Waals surface area contributed by atoms with Crippen LogP contribution >= 0.6 is 0 Å². The molecule has 3 unspecified atom stereocenters. The Balaban J connectivity index is 4.98. The molecule has 11 heteroatoms. The maximum atomic E-state index is 13.1. The van der Waals surface area contributed by atoms with E-state index in [9.17, 15) is 19.2 Å². The molecule has 0 heterocycles. The Morgan fingerprint density at radius 2 is 1.34 bits per heavy atom. The van der Waals surface area contributed by atoms with Crippen LogP contribution in [-0.2, 0) is 19.2 Å². The van der Waals surface area contributed by atoms with Crippen molar-refractivity contribution in [2.24, 2.45) is 45.2 Å². The lowest BCUT2D eigenvalue weighted by Crippen LogP contribution is -2.40. The van der Waals surface area contributed by atoms with Crippen LogP contribution in [0.4, 0.5) is 0 Å². The van der Waals surface area contributed by atoms with Gasteiger partial charge in [-0.2, -0.15) is 0 Å². The molecule has 0 aliphatic rings. The molecule has 4 amide bonds. The molecule has 0 aromatic rings. The van der Waals surface area contributed by atoms with E-state index in [0.29, 0.717) is 32.4 Å². The van der Waals surface area contributed by atoms with Gasteiger partial charge in [0.15, 0.2) is 0 Å². The third-order valence-corrected chi connectivity index (χ3v) is 6.22. The van der Waals surface area contributed by atoms with Gasteiger partial charge in [0, 0.05) is 35.8 Å². The van der Waals surface area contributed by atoms with Crippen LogP contribution in [0.25, 0.3) is 10.4 Å². The van der Waals surface area contributed by atoms with E-state index < -0.39 is 35.0 Å². The van der Waals surface area contributed by atoms with Gasteiger partial charge in [-0.3, -0.25) is 19.2 Å². The summed E-state index contributed by atoms with van der Waals surface area (Å²) in [7, 11) is 0. The highest BCUT2D eigenvalue weighted by molar-refractivity contribution is 5.82. The predicted molar refractivity (Wildman–Crippen MR) is 136 cm³/mol. The average molecular weight is 496 g/mol. The second-order valence-corrected chi connectivity index (χ2v) is 11.2. The number of primary amides is 2. The summed E-state index contributed by atoms with van der Waals surface area (Å²) in [5, 5.41) is 8.80. The molecule has 0 spiro atoms. The number of nitrogens with zero attached hydrogens (tertiary/aromatic N) is 3. The van der Waals surface area contributed by atoms with Gasteiger partial charge in [-0.15, -0.1) is 0 Å². The number of nitrogens with one attached hydrogen (secondary N) is 2. The highest BCUT2D eigenvalue weighted by atomic mass is 16.2. The van der Waals surface area contributed by atoms with Crippen LogP contribution in [0.2, 0.25) is 0 Å². The number of hydrogen-bond acceptors (Lipinski definition) is 5. The number of nitrogens with two attached hydrogens (primary N) is 2. The van der Waals surface area contributed by atoms with Crippen LogP contribution in [0.3, 0.4) is 0 Å². The number of carbonyl (C=O) groups is 4. The zero-order valence-electron chi connectivity index (χ0n) is 22.2. The van der Waals surface area contributed by atoms with E-state index in [1.165, 1.54) is 0 Å². The van der Waals surface area contributed by atoms with Crippen molar-refractivity contribution in [3.63, 3.8) is 0 Å². The molecule has 0 fully saturated rings. The number of rotatable bonds is 16. The molecular weight excluding hydrogens is 450 g/mol. The predicted octanol–water partition coefficient (Wildman–Crippen LogP) is 2.78. The molecule has 6 N–H and O–H groups in total. The summed E-state index contributed by atoms with van der Waals surface area (Å²) in [6.45, 7) is 12.3. The summed E-state index contributed by atoms with van der Waals surface area (Å²) < 4.78 is 0. The fourth-order valence-electron chi connectivity index (χ4n) is 4.07. The van der Waals surface area contributed by atoms with E-state index >= 15 is 0 Å². The maximum absolute atomic E-state index is 13.1. The largest absolute Gasteiger partial charge is 0.369 e. The van der Waals surface area contributed by atoms with Gasteiger partial charge in [0.1, 0.15) is 6.54 Å². The Bertz CT molecular complexity index is 765. The fourth-order valence-corrected chi connectivity index (χ4v) is 4.07. The summed E-state index contributed by atoms with van der Waals surface area (Å²) in [4.78, 5) is 51.1. The van der Waals surface area contributed by atoms with Crippen molar-refractivity contribution < 1.29 is 19.2 Å². The quantitative estimate of drug-likeness (QED) is 0.111. The summed E-state index contributed by atoms with van der Waals surface area (Å²) in [5.74, 6) is -2.70. The monoisotopic (exact) mass is 495 g/mol. The molecule has 11 nitrogen and oxygen atoms in total. The summed E-state index contributed by atoms with van der Waals surface area (Å²) >= 11 is 0. The number of carbonyl (C=O) groups excluding carboxylic acids is 4. The highest BCUT2D eigenvalue weighted by Gasteiger charge is 2.36. The Labute approximate surface area is 209 Å². The minimum Gasteiger partial charge on any atom is -0.369 e. The average Bonchev–Trinajstić information content (AvgIpc) is 2.71. The number of azide groups is 1. The van der Waals surface area contributed by atoms with Crippen molar-refractivity contribution in [2.75, 3.05) is 19.6 Å². The van der Waals surface area contributed by atoms with E-state index in [4.69, 9.17) is 17.0 Å². The molecule has 200 valence electrons. The summed E-state index contributed by atoms with van der Waals surface area (Å²) in [6, 6.07) is 0. The lowest BCUT2D eigenvalue weighted by molar-refractivity contribution is -0.131. The third-order valence-electron chi connectivity index (χ3n) is 6.22. The fraction of sp³-hybridized carbons (Fsp3) is 0.833. The first-order valence-electron chi connectivity index (χ1n) is 12.2. The van der Waals surface area contributed by atoms with Gasteiger partial charge in [-0.1, -0.05) is 46.7 Å². The molecule has 0 saturated carbocycles. The van der Waals surface area contributed by atoms with Crippen molar-refractivity contribution in [3.05, 3.63) is 10.4 Å². The number of unbranched alkanes of at least 4 members (excludes halogenated alkanes) is 2. The molecule has 0 aliphatic heterocycles. The topological polar surface area (TPSA) is 193 Å². The highest BCUT2D eigenvalue weighted by Crippen LogP contribution is 2.35. The van der Waals surface area contributed by atoms with E-state index in [-0.39, 0.29) is 23.8 Å². The summed E-state index contributed by atoms with van der Waals surface area (Å²) in [6.07, 6.45) is 3.40. The van der Waals surface area contributed by atoms with Gasteiger partial charge in [0.25, 0.3) is 0 Å². The normalized spacial score (nSPS) is 14.2. The van der Waals surface area contributed by atoms with Crippen molar-refractivity contribution in [1.29, 1.82) is 0 Å². The first kappa shape index (κ1) is 32.2. The number of amides is 4. The van der Waals surface area contributed by atoms with Crippen LogP contribution in [-0.4, -0.2) is 43.3 Å². The number of hydrogen-bond donors (Lipinski definition) is 4. The molecule has 0 rings (SSSR count). The lowest BCUT2D eigenvalue weighted by atomic mass is 9.72. The van der Waals surface area contributed by atoms with E-state index in [2.05, 4.69) is 20.7 Å². The van der Waals surface area contributed by atoms with Gasteiger partial charge < -0.3 is 22.1 Å². The van der Waals surface area contributed by atoms with Crippen LogP contribution in [0.1, 0.15) is 80.1 Å². The molecule has 0 aromatic carbocycles. The smallest absolute Gasteiger partial charge is 0.225 e. The Hall–Kier alpha value is -2.81. The molecule has 0 aliphatic carbocycles. The van der Waals surface area contributed by atoms with Gasteiger partial charge in [0.2, 0.25) is 23.6 Å². The maximum Gasteiger partial charge on any atom is 0.225 e. The van der Waals surface area contributed by atoms with E-state index in [1.54, 1.807) is 0 Å². The third kappa shape index (κ3) is 13.6. The molecule has 3 atom stereocenters. The first-order valence-corrected chi connectivity index (χ1v) is 12.2. The van der Waals surface area contributed by atoms with Crippen molar-refractivity contribution in [3.8, 4) is 0 Å². The van der Waals surface area contributed by atoms with Gasteiger partial charge in [-0.25, -0.2) is 0 Å². The van der Waals surface area contributed by atoms with Crippen molar-refractivity contribution in [1.82, 2.24) is 10.6 Å². The van der Waals surface area contributed by atoms with Crippen LogP contribution < -0.4 is 22.1 Å². The first-order chi connectivity index (χ1) is 16.1. The zero-order chi connectivity index (χ0) is 27.2. The Morgan fingerprint density at radius 3 is 1.80 bits per heavy atom. The van der Waals surface area contributed by atoms with Gasteiger partial charge >= 0.3 is 0 Å². The Kier molecular flexibility index (Phi) is 14.0. The molecule has 35 heavy (non-hydrogen) atoms. The van der Waals surface area contributed by atoms with Crippen molar-refractivity contribution >= 4 is 23.6 Å². The minimum absolute atomic E-state index is 0.166. The van der Waals surface area contributed by atoms with Gasteiger partial charge in [0.05, 0.1) is 0 Å². The minimum atomic E-state index is -0.492. The second kappa shape index (κ2) is 15.2. The summed E-state index contributed by atoms with van der Waals surface area (Å²) in [5.41, 5.74) is 18.8. The Morgan fingerprint density at radius 1 is 0.829 bits per heavy atom. The van der Waals surface area contributed by atoms with Crippen molar-refractivity contribution in [2.45, 2.75) is 80.1 Å². The van der Waals surface area contributed by atoms with E-state index in [1.807, 2.05) is 41.5 Å². The van der Waals surface area contributed by atoms with Crippen LogP contribution in [0.5, 0.6) is 0 Å². The SMILES string of the molecule is CC(C)(C)C(CCC(CC(C(N)=O)C(C)(C)C)C(=O)NCCCCCNC(=O)CN=[N+]=[N-])C(N)=O. The molecule has 0 bridgehead atoms. The zero-order valence-corrected chi connectivity index (χ0v) is 22.2. The standard InChI is InChI=1S/C24H45N7O4/c1-23(2,3)17(20(25)33)11-10-16(14-18(21(26)34)24(4,5)6)22(35)29-13-9-7-8-12-28-19(32)15-30-31-27/h16-18H,7-15H2,1-6H3,(H2,25,33)(H2,26,34)(H,28,32)(H,29,35). The molecular formula is C24H45N7O4.